The van der Waals surface area contributed by atoms with Gasteiger partial charge in [0.05, 0.1) is 5.69 Å². The Hall–Kier alpha value is -0.990. The smallest absolute Gasteiger partial charge is 0.412 e. The van der Waals surface area contributed by atoms with E-state index in [0.29, 0.717) is 0 Å². The summed E-state index contributed by atoms with van der Waals surface area (Å²) >= 11 is 0. The van der Waals surface area contributed by atoms with Crippen LogP contribution in [0.2, 0.25) is 0 Å². The molecule has 0 amide bonds. The van der Waals surface area contributed by atoms with E-state index >= 15 is 0 Å². The van der Waals surface area contributed by atoms with Crippen molar-refractivity contribution < 1.29 is 4.42 Å². The van der Waals surface area contributed by atoms with Gasteiger partial charge in [-0.1, -0.05) is 20.8 Å². The first-order valence-electron chi connectivity index (χ1n) is 4.01. The number of hydrogen-bond donors (Lipinski definition) is 0. The molecule has 3 nitrogen and oxygen atoms in total. The largest absolute Gasteiger partial charge is 0.419 e. The molecule has 0 saturated carbocycles. The van der Waals surface area contributed by atoms with E-state index in [1.807, 2.05) is 27.7 Å². The molecular weight excluding hydrogens is 154 g/mol. The Bertz CT molecular complexity index is 338. The summed E-state index contributed by atoms with van der Waals surface area (Å²) < 4.78 is 6.65. The van der Waals surface area contributed by atoms with Crippen molar-refractivity contribution in [3.05, 3.63) is 22.0 Å². The molecule has 12 heavy (non-hydrogen) atoms. The number of hydrogen-bond acceptors (Lipinski definition) is 2. The van der Waals surface area contributed by atoms with Gasteiger partial charge in [0.15, 0.2) is 0 Å². The van der Waals surface area contributed by atoms with Gasteiger partial charge in [-0.25, -0.2) is 4.79 Å². The van der Waals surface area contributed by atoms with E-state index < -0.39 is 0 Å². The molecule has 0 aliphatic carbocycles. The lowest BCUT2D eigenvalue weighted by molar-refractivity contribution is 0.382. The summed E-state index contributed by atoms with van der Waals surface area (Å²) in [6.45, 7) is 7.97. The van der Waals surface area contributed by atoms with Gasteiger partial charge in [-0.3, -0.25) is 4.57 Å². The summed E-state index contributed by atoms with van der Waals surface area (Å²) in [5, 5.41) is 0. The van der Waals surface area contributed by atoms with Gasteiger partial charge in [-0.2, -0.15) is 0 Å². The molecular formula is C9H15NO2. The van der Waals surface area contributed by atoms with Crippen molar-refractivity contribution in [1.29, 1.82) is 0 Å². The van der Waals surface area contributed by atoms with Crippen molar-refractivity contribution >= 4 is 0 Å². The van der Waals surface area contributed by atoms with Crippen LogP contribution in [0, 0.1) is 6.92 Å². The minimum atomic E-state index is -0.280. The average molecular weight is 169 g/mol. The highest BCUT2D eigenvalue weighted by Crippen LogP contribution is 2.23. The predicted molar refractivity (Wildman–Crippen MR) is 47.4 cm³/mol. The van der Waals surface area contributed by atoms with Crippen LogP contribution in [-0.2, 0) is 12.5 Å². The van der Waals surface area contributed by atoms with Crippen LogP contribution in [0.4, 0.5) is 0 Å². The molecule has 0 aliphatic heterocycles. The standard InChI is InChI=1S/C9H15NO2/c1-6-7(9(2,3)4)12-8(11)10(6)5/h1-5H3. The van der Waals surface area contributed by atoms with Crippen LogP contribution in [0.5, 0.6) is 0 Å². The van der Waals surface area contributed by atoms with Gasteiger partial charge in [0.2, 0.25) is 0 Å². The number of oxazole rings is 1. The first-order chi connectivity index (χ1) is 5.34. The Morgan fingerprint density at radius 3 is 2.00 bits per heavy atom. The van der Waals surface area contributed by atoms with E-state index in [9.17, 15) is 4.79 Å². The van der Waals surface area contributed by atoms with E-state index in [4.69, 9.17) is 4.42 Å². The highest BCUT2D eigenvalue weighted by atomic mass is 16.4. The summed E-state index contributed by atoms with van der Waals surface area (Å²) in [5.74, 6) is 0.493. The topological polar surface area (TPSA) is 35.1 Å². The second-order valence-electron chi connectivity index (χ2n) is 4.09. The lowest BCUT2D eigenvalue weighted by atomic mass is 9.92. The Labute approximate surface area is 72.0 Å². The zero-order valence-electron chi connectivity index (χ0n) is 8.26. The molecule has 0 saturated heterocycles. The van der Waals surface area contributed by atoms with Crippen molar-refractivity contribution in [2.24, 2.45) is 7.05 Å². The molecule has 0 fully saturated rings. The lowest BCUT2D eigenvalue weighted by Gasteiger charge is -2.14. The van der Waals surface area contributed by atoms with E-state index in [1.54, 1.807) is 7.05 Å². The summed E-state index contributed by atoms with van der Waals surface area (Å²) in [6, 6.07) is 0. The second-order valence-corrected chi connectivity index (χ2v) is 4.09. The molecule has 0 aromatic carbocycles. The normalized spacial score (nSPS) is 12.1. The molecule has 1 aromatic heterocycles. The molecule has 0 unspecified atom stereocenters. The van der Waals surface area contributed by atoms with Gasteiger partial charge in [0, 0.05) is 12.5 Å². The third-order valence-electron chi connectivity index (χ3n) is 1.98. The number of nitrogens with zero attached hydrogens (tertiary/aromatic N) is 1. The SMILES string of the molecule is Cc1c(C(C)(C)C)oc(=O)n1C. The van der Waals surface area contributed by atoms with Crippen molar-refractivity contribution in [3.63, 3.8) is 0 Å². The van der Waals surface area contributed by atoms with Crippen LogP contribution < -0.4 is 5.76 Å². The molecule has 3 heteroatoms. The van der Waals surface area contributed by atoms with E-state index in [2.05, 4.69) is 0 Å². The molecule has 1 rings (SSSR count). The fourth-order valence-corrected chi connectivity index (χ4v) is 1.21. The van der Waals surface area contributed by atoms with E-state index in [1.165, 1.54) is 4.57 Å². The van der Waals surface area contributed by atoms with Crippen LogP contribution in [0.1, 0.15) is 32.2 Å². The first-order valence-corrected chi connectivity index (χ1v) is 4.01. The van der Waals surface area contributed by atoms with Gasteiger partial charge in [-0.05, 0) is 6.92 Å². The molecule has 68 valence electrons. The van der Waals surface area contributed by atoms with Crippen LogP contribution >= 0.6 is 0 Å². The fourth-order valence-electron chi connectivity index (χ4n) is 1.21. The van der Waals surface area contributed by atoms with E-state index in [-0.39, 0.29) is 11.2 Å². The van der Waals surface area contributed by atoms with Crippen molar-refractivity contribution in [2.45, 2.75) is 33.1 Å². The van der Waals surface area contributed by atoms with Gasteiger partial charge in [0.1, 0.15) is 5.76 Å². The maximum Gasteiger partial charge on any atom is 0.419 e. The first kappa shape index (κ1) is 9.10. The maximum absolute atomic E-state index is 11.1. The average Bonchev–Trinajstić information content (AvgIpc) is 2.15. The molecule has 0 bridgehead atoms. The zero-order chi connectivity index (χ0) is 9.52. The van der Waals surface area contributed by atoms with Crippen LogP contribution in [0.15, 0.2) is 9.21 Å². The second kappa shape index (κ2) is 2.51. The van der Waals surface area contributed by atoms with Gasteiger partial charge in [0.25, 0.3) is 0 Å². The minimum Gasteiger partial charge on any atom is -0.412 e. The molecule has 0 aliphatic rings. The van der Waals surface area contributed by atoms with Crippen molar-refractivity contribution in [1.82, 2.24) is 4.57 Å². The highest BCUT2D eigenvalue weighted by Gasteiger charge is 2.23. The lowest BCUT2D eigenvalue weighted by Crippen LogP contribution is -2.12. The maximum atomic E-state index is 11.1. The monoisotopic (exact) mass is 169 g/mol. The summed E-state index contributed by atoms with van der Waals surface area (Å²) in [4.78, 5) is 11.1. The van der Waals surface area contributed by atoms with Crippen LogP contribution in [-0.4, -0.2) is 4.57 Å². The molecule has 0 radical (unpaired) electrons. The third kappa shape index (κ3) is 1.31. The van der Waals surface area contributed by atoms with Crippen molar-refractivity contribution in [2.75, 3.05) is 0 Å². The summed E-state index contributed by atoms with van der Waals surface area (Å²) in [5.41, 5.74) is 0.817. The van der Waals surface area contributed by atoms with E-state index in [0.717, 1.165) is 11.5 Å². The molecule has 0 spiro atoms. The zero-order valence-corrected chi connectivity index (χ0v) is 8.26. The fraction of sp³-hybridized carbons (Fsp3) is 0.667. The van der Waals surface area contributed by atoms with Crippen LogP contribution in [0.3, 0.4) is 0 Å². The van der Waals surface area contributed by atoms with Gasteiger partial charge >= 0.3 is 5.76 Å². The number of rotatable bonds is 0. The summed E-state index contributed by atoms with van der Waals surface area (Å²) in [6.07, 6.45) is 0. The Morgan fingerprint density at radius 1 is 1.33 bits per heavy atom. The molecule has 0 N–H and O–H groups in total. The molecule has 1 heterocycles. The number of aromatic nitrogens is 1. The quantitative estimate of drug-likeness (QED) is 0.591. The Morgan fingerprint density at radius 2 is 1.83 bits per heavy atom. The summed E-state index contributed by atoms with van der Waals surface area (Å²) in [7, 11) is 1.72. The third-order valence-corrected chi connectivity index (χ3v) is 1.98. The minimum absolute atomic E-state index is 0.0928. The van der Waals surface area contributed by atoms with Crippen LogP contribution in [0.25, 0.3) is 0 Å². The molecule has 1 aromatic rings. The van der Waals surface area contributed by atoms with Gasteiger partial charge < -0.3 is 4.42 Å². The van der Waals surface area contributed by atoms with Crippen molar-refractivity contribution in [3.8, 4) is 0 Å². The predicted octanol–water partition coefficient (Wildman–Crippen LogP) is 1.58. The Balaban J connectivity index is 3.38. The Kier molecular flexibility index (Phi) is 1.90. The highest BCUT2D eigenvalue weighted by molar-refractivity contribution is 5.15. The van der Waals surface area contributed by atoms with Gasteiger partial charge in [-0.15, -0.1) is 0 Å². The molecule has 0 atom stereocenters.